The van der Waals surface area contributed by atoms with E-state index in [4.69, 9.17) is 10.2 Å². The normalized spacial score (nSPS) is 10.0. The van der Waals surface area contributed by atoms with Gasteiger partial charge in [-0.05, 0) is 36.4 Å². The van der Waals surface area contributed by atoms with Crippen LogP contribution in [-0.2, 0) is 6.54 Å². The van der Waals surface area contributed by atoms with Gasteiger partial charge in [-0.1, -0.05) is 0 Å². The summed E-state index contributed by atoms with van der Waals surface area (Å²) in [5.74, 6) is -1.29. The Kier molecular flexibility index (Phi) is 3.95. The molecule has 0 aliphatic carbocycles. The predicted molar refractivity (Wildman–Crippen MR) is 70.5 cm³/mol. The van der Waals surface area contributed by atoms with E-state index in [1.54, 1.807) is 0 Å². The lowest BCUT2D eigenvalue weighted by Gasteiger charge is -2.05. The molecule has 6 nitrogen and oxygen atoms in total. The highest BCUT2D eigenvalue weighted by Gasteiger charge is 2.07. The maximum absolute atomic E-state index is 11.8. The summed E-state index contributed by atoms with van der Waals surface area (Å²) in [4.78, 5) is 26.6. The summed E-state index contributed by atoms with van der Waals surface area (Å²) in [6.07, 6.45) is 1.38. The van der Waals surface area contributed by atoms with Crippen LogP contribution in [0, 0.1) is 0 Å². The monoisotopic (exact) mass is 272 g/mol. The Bertz CT molecular complexity index is 638. The average molecular weight is 272 g/mol. The molecule has 2 rings (SSSR count). The van der Waals surface area contributed by atoms with Crippen molar-refractivity contribution < 1.29 is 19.8 Å². The lowest BCUT2D eigenvalue weighted by Crippen LogP contribution is -2.23. The number of nitrogens with one attached hydrogen (secondary N) is 1. The number of carboxylic acid groups (broad SMARTS) is 1. The predicted octanol–water partition coefficient (Wildman–Crippen LogP) is 1.42. The molecule has 3 N–H and O–H groups in total. The van der Waals surface area contributed by atoms with Crippen LogP contribution in [0.2, 0.25) is 0 Å². The first-order valence-electron chi connectivity index (χ1n) is 5.82. The molecule has 6 heteroatoms. The largest absolute Gasteiger partial charge is 0.508 e. The number of carbonyl (C=O) groups excluding carboxylic acids is 1. The maximum atomic E-state index is 11.8. The van der Waals surface area contributed by atoms with Crippen molar-refractivity contribution in [2.45, 2.75) is 6.54 Å². The van der Waals surface area contributed by atoms with Crippen LogP contribution < -0.4 is 5.32 Å². The molecule has 1 amide bonds. The Morgan fingerprint density at radius 2 is 1.80 bits per heavy atom. The molecule has 20 heavy (non-hydrogen) atoms. The standard InChI is InChI=1S/C14H12N2O4/c17-12-3-1-9(2-4-12)13(18)16-8-11-7-10(14(19)20)5-6-15-11/h1-7,17H,8H2,(H,16,18)(H,19,20). The van der Waals surface area contributed by atoms with Crippen molar-refractivity contribution in [3.63, 3.8) is 0 Å². The lowest BCUT2D eigenvalue weighted by molar-refractivity contribution is 0.0696. The van der Waals surface area contributed by atoms with Crippen LogP contribution in [-0.4, -0.2) is 27.1 Å². The van der Waals surface area contributed by atoms with Crippen molar-refractivity contribution in [2.24, 2.45) is 0 Å². The smallest absolute Gasteiger partial charge is 0.335 e. The second-order valence-corrected chi connectivity index (χ2v) is 4.07. The summed E-state index contributed by atoms with van der Waals surface area (Å²) in [6.45, 7) is 0.126. The number of rotatable bonds is 4. The highest BCUT2D eigenvalue weighted by Crippen LogP contribution is 2.09. The summed E-state index contributed by atoms with van der Waals surface area (Å²) < 4.78 is 0. The topological polar surface area (TPSA) is 99.5 Å². The molecule has 0 saturated heterocycles. The van der Waals surface area contributed by atoms with Gasteiger partial charge in [0.2, 0.25) is 0 Å². The fourth-order valence-electron chi connectivity index (χ4n) is 1.59. The first kappa shape index (κ1) is 13.5. The summed E-state index contributed by atoms with van der Waals surface area (Å²) in [7, 11) is 0. The van der Waals surface area contributed by atoms with Crippen LogP contribution in [0.3, 0.4) is 0 Å². The van der Waals surface area contributed by atoms with E-state index in [9.17, 15) is 9.59 Å². The van der Waals surface area contributed by atoms with Crippen LogP contribution in [0.1, 0.15) is 26.4 Å². The van der Waals surface area contributed by atoms with E-state index in [1.165, 1.54) is 42.6 Å². The van der Waals surface area contributed by atoms with E-state index in [1.807, 2.05) is 0 Å². The molecule has 0 atom stereocenters. The molecule has 0 aliphatic rings. The summed E-state index contributed by atoms with van der Waals surface area (Å²) in [5, 5.41) is 20.6. The number of aromatic hydroxyl groups is 1. The van der Waals surface area contributed by atoms with Gasteiger partial charge in [0.25, 0.3) is 5.91 Å². The third-order valence-electron chi connectivity index (χ3n) is 2.62. The molecule has 0 spiro atoms. The molecule has 0 bridgehead atoms. The third-order valence-corrected chi connectivity index (χ3v) is 2.62. The molecular formula is C14H12N2O4. The highest BCUT2D eigenvalue weighted by atomic mass is 16.4. The van der Waals surface area contributed by atoms with Crippen LogP contribution in [0.25, 0.3) is 0 Å². The first-order chi connectivity index (χ1) is 9.56. The van der Waals surface area contributed by atoms with E-state index in [0.29, 0.717) is 11.3 Å². The van der Waals surface area contributed by atoms with Crippen LogP contribution in [0.15, 0.2) is 42.6 Å². The molecule has 0 radical (unpaired) electrons. The van der Waals surface area contributed by atoms with Gasteiger partial charge in [-0.3, -0.25) is 9.78 Å². The summed E-state index contributed by atoms with van der Waals surface area (Å²) >= 11 is 0. The summed E-state index contributed by atoms with van der Waals surface area (Å²) in [6, 6.07) is 8.60. The van der Waals surface area contributed by atoms with E-state index in [2.05, 4.69) is 10.3 Å². The van der Waals surface area contributed by atoms with Crippen LogP contribution in [0.5, 0.6) is 5.75 Å². The second-order valence-electron chi connectivity index (χ2n) is 4.07. The van der Waals surface area contributed by atoms with Gasteiger partial charge >= 0.3 is 5.97 Å². The van der Waals surface area contributed by atoms with Crippen molar-refractivity contribution in [3.8, 4) is 5.75 Å². The van der Waals surface area contributed by atoms with Crippen LogP contribution >= 0.6 is 0 Å². The average Bonchev–Trinajstić information content (AvgIpc) is 2.46. The Hall–Kier alpha value is -2.89. The number of aromatic carboxylic acids is 1. The lowest BCUT2D eigenvalue weighted by atomic mass is 10.2. The van der Waals surface area contributed by atoms with Gasteiger partial charge in [0.15, 0.2) is 0 Å². The van der Waals surface area contributed by atoms with E-state index >= 15 is 0 Å². The number of carboxylic acids is 1. The van der Waals surface area contributed by atoms with Gasteiger partial charge in [-0.15, -0.1) is 0 Å². The zero-order valence-electron chi connectivity index (χ0n) is 10.4. The van der Waals surface area contributed by atoms with Crippen molar-refractivity contribution in [1.82, 2.24) is 10.3 Å². The number of pyridine rings is 1. The van der Waals surface area contributed by atoms with Crippen molar-refractivity contribution >= 4 is 11.9 Å². The number of amides is 1. The molecule has 0 unspecified atom stereocenters. The fraction of sp³-hybridized carbons (Fsp3) is 0.0714. The Morgan fingerprint density at radius 3 is 2.45 bits per heavy atom. The molecule has 2 aromatic rings. The van der Waals surface area contributed by atoms with Gasteiger partial charge in [-0.25, -0.2) is 4.79 Å². The van der Waals surface area contributed by atoms with E-state index in [0.717, 1.165) is 0 Å². The molecular weight excluding hydrogens is 260 g/mol. The maximum Gasteiger partial charge on any atom is 0.335 e. The number of hydrogen-bond acceptors (Lipinski definition) is 4. The van der Waals surface area contributed by atoms with Gasteiger partial charge in [0, 0.05) is 11.8 Å². The molecule has 0 fully saturated rings. The molecule has 1 aromatic heterocycles. The first-order valence-corrected chi connectivity index (χ1v) is 5.82. The molecule has 1 heterocycles. The number of phenolic OH excluding ortho intramolecular Hbond substituents is 1. The number of hydrogen-bond donors (Lipinski definition) is 3. The Labute approximate surface area is 114 Å². The van der Waals surface area contributed by atoms with Crippen molar-refractivity contribution in [3.05, 3.63) is 59.4 Å². The number of benzene rings is 1. The summed E-state index contributed by atoms with van der Waals surface area (Å²) in [5.41, 5.74) is 0.975. The molecule has 0 saturated carbocycles. The van der Waals surface area contributed by atoms with Crippen molar-refractivity contribution in [1.29, 1.82) is 0 Å². The molecule has 0 aliphatic heterocycles. The quantitative estimate of drug-likeness (QED) is 0.781. The zero-order chi connectivity index (χ0) is 14.5. The van der Waals surface area contributed by atoms with Crippen molar-refractivity contribution in [2.75, 3.05) is 0 Å². The fourth-order valence-corrected chi connectivity index (χ4v) is 1.59. The zero-order valence-corrected chi connectivity index (χ0v) is 10.4. The van der Waals surface area contributed by atoms with Crippen LogP contribution in [0.4, 0.5) is 0 Å². The second kappa shape index (κ2) is 5.83. The minimum Gasteiger partial charge on any atom is -0.508 e. The van der Waals surface area contributed by atoms with E-state index < -0.39 is 5.97 Å². The van der Waals surface area contributed by atoms with E-state index in [-0.39, 0.29) is 23.8 Å². The van der Waals surface area contributed by atoms with Gasteiger partial charge in [-0.2, -0.15) is 0 Å². The number of phenols is 1. The molecule has 1 aromatic carbocycles. The van der Waals surface area contributed by atoms with Gasteiger partial charge < -0.3 is 15.5 Å². The minimum absolute atomic E-state index is 0.0809. The van der Waals surface area contributed by atoms with Gasteiger partial charge in [0.1, 0.15) is 5.75 Å². The number of aromatic nitrogens is 1. The van der Waals surface area contributed by atoms with Gasteiger partial charge in [0.05, 0.1) is 17.8 Å². The Morgan fingerprint density at radius 1 is 1.10 bits per heavy atom. The number of carbonyl (C=O) groups is 2. The SMILES string of the molecule is O=C(O)c1ccnc(CNC(=O)c2ccc(O)cc2)c1. The third kappa shape index (κ3) is 3.32. The molecule has 102 valence electrons. The Balaban J connectivity index is 2.01. The minimum atomic E-state index is -1.04. The number of nitrogens with zero attached hydrogens (tertiary/aromatic N) is 1. The highest BCUT2D eigenvalue weighted by molar-refractivity contribution is 5.94.